The monoisotopic (exact) mass is 368 g/mol. The summed E-state index contributed by atoms with van der Waals surface area (Å²) < 4.78 is 30.8. The third-order valence-corrected chi connectivity index (χ3v) is 6.18. The van der Waals surface area contributed by atoms with E-state index in [4.69, 9.17) is 9.84 Å². The highest BCUT2D eigenvalue weighted by molar-refractivity contribution is 7.93. The van der Waals surface area contributed by atoms with E-state index >= 15 is 0 Å². The minimum atomic E-state index is -3.31. The zero-order chi connectivity index (χ0) is 18.0. The molecule has 1 aromatic carbocycles. The molecule has 3 rings (SSSR count). The molecule has 1 N–H and O–H groups in total. The number of carbonyl (C=O) groups excluding carboxylic acids is 1. The second-order valence-corrected chi connectivity index (χ2v) is 8.15. The SMILES string of the molecule is O=C(O)CC1CN(C(=O)c2cccc(N3CCCS3(=O)=O)c2)CCO1. The van der Waals surface area contributed by atoms with Gasteiger partial charge in [0.2, 0.25) is 10.0 Å². The van der Waals surface area contributed by atoms with E-state index in [9.17, 15) is 18.0 Å². The van der Waals surface area contributed by atoms with Crippen molar-refractivity contribution in [1.29, 1.82) is 0 Å². The first kappa shape index (κ1) is 17.7. The Morgan fingerprint density at radius 2 is 2.08 bits per heavy atom. The first-order chi connectivity index (χ1) is 11.9. The molecule has 9 heteroatoms. The predicted octanol–water partition coefficient (Wildman–Crippen LogP) is 0.542. The van der Waals surface area contributed by atoms with E-state index in [0.29, 0.717) is 30.8 Å². The smallest absolute Gasteiger partial charge is 0.306 e. The highest BCUT2D eigenvalue weighted by Crippen LogP contribution is 2.25. The molecule has 2 aliphatic heterocycles. The molecule has 1 unspecified atom stereocenters. The van der Waals surface area contributed by atoms with Gasteiger partial charge in [-0.15, -0.1) is 0 Å². The number of morpholine rings is 1. The highest BCUT2D eigenvalue weighted by atomic mass is 32.2. The summed E-state index contributed by atoms with van der Waals surface area (Å²) >= 11 is 0. The number of anilines is 1. The van der Waals surface area contributed by atoms with Crippen LogP contribution in [0, 0.1) is 0 Å². The van der Waals surface area contributed by atoms with Gasteiger partial charge in [-0.2, -0.15) is 0 Å². The van der Waals surface area contributed by atoms with E-state index in [1.54, 1.807) is 29.2 Å². The largest absolute Gasteiger partial charge is 0.481 e. The normalized spacial score (nSPS) is 22.8. The van der Waals surface area contributed by atoms with Crippen molar-refractivity contribution in [2.45, 2.75) is 18.9 Å². The standard InChI is InChI=1S/C16H20N2O6S/c19-15(20)10-14-11-17(6-7-24-14)16(21)12-3-1-4-13(9-12)18-5-2-8-25(18,22)23/h1,3-4,9,14H,2,5-8,10-11H2,(H,19,20). The summed E-state index contributed by atoms with van der Waals surface area (Å²) in [5.41, 5.74) is 0.870. The molecule has 0 spiro atoms. The molecule has 136 valence electrons. The zero-order valence-electron chi connectivity index (χ0n) is 13.6. The molecule has 0 bridgehead atoms. The number of rotatable bonds is 4. The van der Waals surface area contributed by atoms with E-state index in [2.05, 4.69) is 0 Å². The average Bonchev–Trinajstić information content (AvgIpc) is 2.93. The second kappa shape index (κ2) is 7.01. The van der Waals surface area contributed by atoms with Gasteiger partial charge in [0.15, 0.2) is 0 Å². The molecule has 0 aliphatic carbocycles. The summed E-state index contributed by atoms with van der Waals surface area (Å²) in [6, 6.07) is 6.54. The fourth-order valence-electron chi connectivity index (χ4n) is 3.13. The molecular formula is C16H20N2O6S. The number of ether oxygens (including phenoxy) is 1. The third kappa shape index (κ3) is 3.93. The topological polar surface area (TPSA) is 104 Å². The number of amides is 1. The quantitative estimate of drug-likeness (QED) is 0.832. The van der Waals surface area contributed by atoms with E-state index in [-0.39, 0.29) is 31.2 Å². The molecule has 2 saturated heterocycles. The summed E-state index contributed by atoms with van der Waals surface area (Å²) in [7, 11) is -3.31. The zero-order valence-corrected chi connectivity index (χ0v) is 14.4. The highest BCUT2D eigenvalue weighted by Gasteiger charge is 2.30. The maximum atomic E-state index is 12.7. The Hall–Kier alpha value is -2.13. The number of carboxylic acid groups (broad SMARTS) is 1. The van der Waals surface area contributed by atoms with Crippen LogP contribution in [-0.2, 0) is 19.6 Å². The van der Waals surface area contributed by atoms with Crippen molar-refractivity contribution in [3.8, 4) is 0 Å². The van der Waals surface area contributed by atoms with Gasteiger partial charge in [0.1, 0.15) is 0 Å². The van der Waals surface area contributed by atoms with Crippen molar-refractivity contribution >= 4 is 27.6 Å². The van der Waals surface area contributed by atoms with Gasteiger partial charge in [-0.1, -0.05) is 6.07 Å². The van der Waals surface area contributed by atoms with Crippen LogP contribution in [0.1, 0.15) is 23.2 Å². The number of hydrogen-bond donors (Lipinski definition) is 1. The fraction of sp³-hybridized carbons (Fsp3) is 0.500. The first-order valence-corrected chi connectivity index (χ1v) is 9.71. The molecule has 8 nitrogen and oxygen atoms in total. The van der Waals surface area contributed by atoms with E-state index in [1.165, 1.54) is 4.31 Å². The Bertz CT molecular complexity index is 779. The maximum absolute atomic E-state index is 12.7. The molecule has 0 radical (unpaired) electrons. The maximum Gasteiger partial charge on any atom is 0.306 e. The second-order valence-electron chi connectivity index (χ2n) is 6.13. The Kier molecular flexibility index (Phi) is 4.96. The van der Waals surface area contributed by atoms with Gasteiger partial charge in [0.25, 0.3) is 5.91 Å². The van der Waals surface area contributed by atoms with E-state index < -0.39 is 22.1 Å². The predicted molar refractivity (Wildman–Crippen MR) is 90.1 cm³/mol. The molecule has 25 heavy (non-hydrogen) atoms. The van der Waals surface area contributed by atoms with Gasteiger partial charge < -0.3 is 14.7 Å². The number of carboxylic acids is 1. The molecule has 1 atom stereocenters. The molecule has 2 fully saturated rings. The van der Waals surface area contributed by atoms with Crippen molar-refractivity contribution in [3.63, 3.8) is 0 Å². The van der Waals surface area contributed by atoms with Crippen LogP contribution in [0.5, 0.6) is 0 Å². The van der Waals surface area contributed by atoms with E-state index in [1.807, 2.05) is 0 Å². The van der Waals surface area contributed by atoms with E-state index in [0.717, 1.165) is 0 Å². The summed E-state index contributed by atoms with van der Waals surface area (Å²) in [6.07, 6.45) is -0.117. The van der Waals surface area contributed by atoms with Crippen molar-refractivity contribution < 1.29 is 27.9 Å². The lowest BCUT2D eigenvalue weighted by Gasteiger charge is -2.32. The van der Waals surface area contributed by atoms with Crippen molar-refractivity contribution in [1.82, 2.24) is 4.90 Å². The Labute approximate surface area is 146 Å². The summed E-state index contributed by atoms with van der Waals surface area (Å²) in [5.74, 6) is -1.11. The van der Waals surface area contributed by atoms with Gasteiger partial charge in [0, 0.05) is 25.2 Å². The lowest BCUT2D eigenvalue weighted by Crippen LogP contribution is -2.46. The van der Waals surface area contributed by atoms with Crippen LogP contribution in [0.25, 0.3) is 0 Å². The van der Waals surface area contributed by atoms with Crippen LogP contribution in [0.2, 0.25) is 0 Å². The van der Waals surface area contributed by atoms with Crippen LogP contribution < -0.4 is 4.31 Å². The molecule has 2 aliphatic rings. The molecule has 1 amide bonds. The van der Waals surface area contributed by atoms with Crippen molar-refractivity contribution in [2.24, 2.45) is 0 Å². The van der Waals surface area contributed by atoms with Crippen LogP contribution in [-0.4, -0.2) is 68.4 Å². The van der Waals surface area contributed by atoms with Crippen LogP contribution in [0.4, 0.5) is 5.69 Å². The van der Waals surface area contributed by atoms with Crippen molar-refractivity contribution in [2.75, 3.05) is 36.3 Å². The van der Waals surface area contributed by atoms with Crippen LogP contribution in [0.15, 0.2) is 24.3 Å². The number of nitrogens with zero attached hydrogens (tertiary/aromatic N) is 2. The summed E-state index contributed by atoms with van der Waals surface area (Å²) in [4.78, 5) is 25.1. The number of sulfonamides is 1. The van der Waals surface area contributed by atoms with Crippen LogP contribution >= 0.6 is 0 Å². The fourth-order valence-corrected chi connectivity index (χ4v) is 4.68. The lowest BCUT2D eigenvalue weighted by molar-refractivity contribution is -0.141. The Balaban J connectivity index is 1.76. The molecule has 1 aromatic rings. The average molecular weight is 368 g/mol. The van der Waals surface area contributed by atoms with Gasteiger partial charge in [-0.3, -0.25) is 13.9 Å². The summed E-state index contributed by atoms with van der Waals surface area (Å²) in [5, 5.41) is 8.87. The first-order valence-electron chi connectivity index (χ1n) is 8.10. The lowest BCUT2D eigenvalue weighted by atomic mass is 10.1. The number of aliphatic carboxylic acids is 1. The molecule has 0 saturated carbocycles. The molecule has 2 heterocycles. The van der Waals surface area contributed by atoms with Gasteiger partial charge in [-0.25, -0.2) is 8.42 Å². The van der Waals surface area contributed by atoms with Crippen LogP contribution in [0.3, 0.4) is 0 Å². The van der Waals surface area contributed by atoms with Crippen molar-refractivity contribution in [3.05, 3.63) is 29.8 Å². The third-order valence-electron chi connectivity index (χ3n) is 4.31. The Morgan fingerprint density at radius 3 is 2.76 bits per heavy atom. The summed E-state index contributed by atoms with van der Waals surface area (Å²) in [6.45, 7) is 1.28. The molecular weight excluding hydrogens is 348 g/mol. The van der Waals surface area contributed by atoms with Gasteiger partial charge in [0.05, 0.1) is 30.6 Å². The Morgan fingerprint density at radius 1 is 1.28 bits per heavy atom. The molecule has 0 aromatic heterocycles. The van der Waals surface area contributed by atoms with Gasteiger partial charge in [-0.05, 0) is 24.6 Å². The number of benzene rings is 1. The number of hydrogen-bond acceptors (Lipinski definition) is 5. The number of carbonyl (C=O) groups is 2. The minimum absolute atomic E-state index is 0.117. The van der Waals surface area contributed by atoms with Gasteiger partial charge >= 0.3 is 5.97 Å². The minimum Gasteiger partial charge on any atom is -0.481 e.